The smallest absolute Gasteiger partial charge is 0.176 e. The molecule has 98 valence electrons. The second kappa shape index (κ2) is 5.80. The van der Waals surface area contributed by atoms with E-state index in [1.54, 1.807) is 0 Å². The highest BCUT2D eigenvalue weighted by molar-refractivity contribution is 8.00. The van der Waals surface area contributed by atoms with Crippen LogP contribution in [-0.2, 0) is 0 Å². The number of aromatic hydroxyl groups is 2. The molecule has 2 rings (SSSR count). The number of phenolic OH excluding ortho intramolecular Hbond substituents is 2. The first kappa shape index (κ1) is 13.5. The Kier molecular flexibility index (Phi) is 4.12. The Balaban J connectivity index is 2.03. The maximum atomic E-state index is 12.0. The van der Waals surface area contributed by atoms with Gasteiger partial charge >= 0.3 is 0 Å². The summed E-state index contributed by atoms with van der Waals surface area (Å²) in [6.45, 7) is 2.01. The monoisotopic (exact) mass is 274 g/mol. The summed E-state index contributed by atoms with van der Waals surface area (Å²) in [7, 11) is 0. The van der Waals surface area contributed by atoms with Crippen LogP contribution < -0.4 is 0 Å². The number of aryl methyl sites for hydroxylation is 1. The van der Waals surface area contributed by atoms with Gasteiger partial charge in [0.2, 0.25) is 0 Å². The maximum absolute atomic E-state index is 12.0. The number of ketones is 1. The lowest BCUT2D eigenvalue weighted by Crippen LogP contribution is -2.02. The van der Waals surface area contributed by atoms with Crippen molar-refractivity contribution in [1.29, 1.82) is 0 Å². The summed E-state index contributed by atoms with van der Waals surface area (Å²) in [6.07, 6.45) is 0. The van der Waals surface area contributed by atoms with Gasteiger partial charge in [0, 0.05) is 11.0 Å². The third-order valence-electron chi connectivity index (χ3n) is 2.67. The van der Waals surface area contributed by atoms with Crippen molar-refractivity contribution in [2.24, 2.45) is 0 Å². The molecule has 0 saturated carbocycles. The van der Waals surface area contributed by atoms with Crippen LogP contribution in [0.5, 0.6) is 11.5 Å². The number of benzene rings is 2. The lowest BCUT2D eigenvalue weighted by Gasteiger charge is -2.05. The molecule has 3 nitrogen and oxygen atoms in total. The molecule has 0 aromatic heterocycles. The zero-order chi connectivity index (χ0) is 13.8. The van der Waals surface area contributed by atoms with Crippen LogP contribution in [-0.4, -0.2) is 21.7 Å². The molecule has 0 spiro atoms. The highest BCUT2D eigenvalue weighted by Gasteiger charge is 2.12. The SMILES string of the molecule is Cc1ccc(SCC(=O)c2ccc(O)cc2O)cc1. The van der Waals surface area contributed by atoms with E-state index in [0.717, 1.165) is 4.90 Å². The van der Waals surface area contributed by atoms with Gasteiger partial charge in [0.25, 0.3) is 0 Å². The summed E-state index contributed by atoms with van der Waals surface area (Å²) >= 11 is 1.42. The molecular weight excluding hydrogens is 260 g/mol. The molecule has 0 atom stereocenters. The van der Waals surface area contributed by atoms with Gasteiger partial charge in [0.05, 0.1) is 11.3 Å². The van der Waals surface area contributed by atoms with E-state index in [4.69, 9.17) is 0 Å². The number of rotatable bonds is 4. The second-order valence-corrected chi connectivity index (χ2v) is 5.28. The Morgan fingerprint density at radius 1 is 1.11 bits per heavy atom. The predicted octanol–water partition coefficient (Wildman–Crippen LogP) is 3.38. The van der Waals surface area contributed by atoms with Crippen molar-refractivity contribution in [3.8, 4) is 11.5 Å². The van der Waals surface area contributed by atoms with Crippen molar-refractivity contribution in [3.63, 3.8) is 0 Å². The fraction of sp³-hybridized carbons (Fsp3) is 0.133. The maximum Gasteiger partial charge on any atom is 0.176 e. The molecule has 19 heavy (non-hydrogen) atoms. The molecule has 0 aliphatic rings. The normalized spacial score (nSPS) is 10.4. The van der Waals surface area contributed by atoms with E-state index in [0.29, 0.717) is 0 Å². The van der Waals surface area contributed by atoms with Crippen molar-refractivity contribution < 1.29 is 15.0 Å². The third-order valence-corrected chi connectivity index (χ3v) is 3.68. The van der Waals surface area contributed by atoms with Gasteiger partial charge < -0.3 is 10.2 Å². The van der Waals surface area contributed by atoms with Crippen LogP contribution in [0.25, 0.3) is 0 Å². The lowest BCUT2D eigenvalue weighted by atomic mass is 10.1. The summed E-state index contributed by atoms with van der Waals surface area (Å²) in [5, 5.41) is 18.8. The zero-order valence-corrected chi connectivity index (χ0v) is 11.3. The molecule has 0 aliphatic heterocycles. The Morgan fingerprint density at radius 2 is 1.79 bits per heavy atom. The Labute approximate surface area is 115 Å². The van der Waals surface area contributed by atoms with Crippen LogP contribution in [0.1, 0.15) is 15.9 Å². The van der Waals surface area contributed by atoms with E-state index < -0.39 is 0 Å². The molecular formula is C15H14O3S. The first-order valence-electron chi connectivity index (χ1n) is 5.81. The zero-order valence-electron chi connectivity index (χ0n) is 10.5. The molecule has 4 heteroatoms. The fourth-order valence-electron chi connectivity index (χ4n) is 1.62. The van der Waals surface area contributed by atoms with Crippen molar-refractivity contribution in [1.82, 2.24) is 0 Å². The summed E-state index contributed by atoms with van der Waals surface area (Å²) < 4.78 is 0. The Hall–Kier alpha value is -1.94. The van der Waals surface area contributed by atoms with Crippen molar-refractivity contribution in [2.75, 3.05) is 5.75 Å². The summed E-state index contributed by atoms with van der Waals surface area (Å²) in [5.74, 6) is -0.153. The molecule has 0 bridgehead atoms. The van der Waals surface area contributed by atoms with Gasteiger partial charge in [-0.05, 0) is 31.2 Å². The van der Waals surface area contributed by atoms with E-state index in [2.05, 4.69) is 0 Å². The van der Waals surface area contributed by atoms with Crippen molar-refractivity contribution in [2.45, 2.75) is 11.8 Å². The van der Waals surface area contributed by atoms with Crippen molar-refractivity contribution >= 4 is 17.5 Å². The predicted molar refractivity (Wildman–Crippen MR) is 76.0 cm³/mol. The Morgan fingerprint density at radius 3 is 2.42 bits per heavy atom. The van der Waals surface area contributed by atoms with Crippen LogP contribution >= 0.6 is 11.8 Å². The van der Waals surface area contributed by atoms with Gasteiger partial charge in [-0.1, -0.05) is 17.7 Å². The summed E-state index contributed by atoms with van der Waals surface area (Å²) in [6, 6.07) is 11.9. The van der Waals surface area contributed by atoms with Crippen LogP contribution in [0, 0.1) is 6.92 Å². The van der Waals surface area contributed by atoms with E-state index >= 15 is 0 Å². The highest BCUT2D eigenvalue weighted by atomic mass is 32.2. The lowest BCUT2D eigenvalue weighted by molar-refractivity contribution is 0.102. The van der Waals surface area contributed by atoms with E-state index in [1.807, 2.05) is 31.2 Å². The van der Waals surface area contributed by atoms with Crippen LogP contribution in [0.3, 0.4) is 0 Å². The largest absolute Gasteiger partial charge is 0.508 e. The number of thioether (sulfide) groups is 1. The average molecular weight is 274 g/mol. The number of carbonyl (C=O) groups excluding carboxylic acids is 1. The number of hydrogen-bond donors (Lipinski definition) is 2. The number of hydrogen-bond acceptors (Lipinski definition) is 4. The van der Waals surface area contributed by atoms with Gasteiger partial charge in [-0.3, -0.25) is 4.79 Å². The molecule has 0 unspecified atom stereocenters. The molecule has 0 amide bonds. The van der Waals surface area contributed by atoms with Gasteiger partial charge in [-0.15, -0.1) is 11.8 Å². The fourth-order valence-corrected chi connectivity index (χ4v) is 2.40. The standard InChI is InChI=1S/C15H14O3S/c1-10-2-5-12(6-3-10)19-9-15(18)13-7-4-11(16)8-14(13)17/h2-8,16-17H,9H2,1H3. The average Bonchev–Trinajstić information content (AvgIpc) is 2.37. The molecule has 0 radical (unpaired) electrons. The summed E-state index contributed by atoms with van der Waals surface area (Å²) in [5.41, 5.74) is 1.41. The number of Topliss-reactive ketones (excluding diaryl/α,β-unsaturated/α-hetero) is 1. The minimum atomic E-state index is -0.186. The van der Waals surface area contributed by atoms with Crippen LogP contribution in [0.15, 0.2) is 47.4 Å². The second-order valence-electron chi connectivity index (χ2n) is 4.23. The van der Waals surface area contributed by atoms with Crippen LogP contribution in [0.2, 0.25) is 0 Å². The quantitative estimate of drug-likeness (QED) is 0.663. The minimum absolute atomic E-state index is 0.0553. The minimum Gasteiger partial charge on any atom is -0.508 e. The van der Waals surface area contributed by atoms with Gasteiger partial charge in [-0.25, -0.2) is 0 Å². The van der Waals surface area contributed by atoms with E-state index in [9.17, 15) is 15.0 Å². The highest BCUT2D eigenvalue weighted by Crippen LogP contribution is 2.25. The third kappa shape index (κ3) is 3.51. The number of carbonyl (C=O) groups is 1. The molecule has 0 aliphatic carbocycles. The van der Waals surface area contributed by atoms with E-state index in [-0.39, 0.29) is 28.6 Å². The Bertz CT molecular complexity index is 591. The molecule has 0 heterocycles. The summed E-state index contributed by atoms with van der Waals surface area (Å²) in [4.78, 5) is 13.0. The molecule has 2 N–H and O–H groups in total. The molecule has 0 saturated heterocycles. The molecule has 0 fully saturated rings. The van der Waals surface area contributed by atoms with E-state index in [1.165, 1.54) is 35.5 Å². The van der Waals surface area contributed by atoms with Gasteiger partial charge in [0.1, 0.15) is 11.5 Å². The van der Waals surface area contributed by atoms with Crippen LogP contribution in [0.4, 0.5) is 0 Å². The molecule has 2 aromatic rings. The number of phenols is 2. The van der Waals surface area contributed by atoms with Gasteiger partial charge in [-0.2, -0.15) is 0 Å². The van der Waals surface area contributed by atoms with Crippen molar-refractivity contribution in [3.05, 3.63) is 53.6 Å². The van der Waals surface area contributed by atoms with Gasteiger partial charge in [0.15, 0.2) is 5.78 Å². The first-order valence-corrected chi connectivity index (χ1v) is 6.79. The topological polar surface area (TPSA) is 57.5 Å². The molecule has 2 aromatic carbocycles. The first-order chi connectivity index (χ1) is 9.06.